The van der Waals surface area contributed by atoms with Gasteiger partial charge in [-0.25, -0.2) is 0 Å². The number of likely N-dealkylation sites (N-methyl/N-ethyl adjacent to an activating group) is 6. The average Bonchev–Trinajstić information content (AvgIpc) is 2.26. The largest absolute Gasteiger partial charge is 0.417 e. The summed E-state index contributed by atoms with van der Waals surface area (Å²) in [7, 11) is 8.47. The van der Waals surface area contributed by atoms with Crippen molar-refractivity contribution >= 4 is 76.6 Å². The van der Waals surface area contributed by atoms with Crippen LogP contribution in [0.3, 0.4) is 0 Å². The van der Waals surface area contributed by atoms with Crippen LogP contribution in [-0.2, 0) is 65.3 Å². The van der Waals surface area contributed by atoms with Crippen LogP contribution in [0.25, 0.3) is 0 Å². The minimum Gasteiger partial charge on any atom is -0.351 e. The Hall–Kier alpha value is -6.53. The SMILES string of the molecule is CC[C@H](C)[C@@H]1NC(=O)[C@H](CC(C)C)N(C)C(=O)C[C@@H](C)NC(=O)[C@H](C(C)C)N(C)C(=O)[C@](C)(CC)NC(=O)[C@@H]2CCCN2C(=O)[C@H](CCc2ccc(C(F)(F)F)c(Cl)c2)NC(=O)CN(C)C(=O)[C@H](CC2CCCCC2)N(C)C(=O)CN(C)C(=O)CN(C)C1=O. The normalized spacial score (nSPS) is 26.8. The van der Waals surface area contributed by atoms with E-state index >= 15 is 0 Å². The molecular formula is C63H99ClF3N11O11. The van der Waals surface area contributed by atoms with E-state index in [1.54, 1.807) is 34.6 Å². The van der Waals surface area contributed by atoms with Crippen LogP contribution in [0.1, 0.15) is 157 Å². The smallest absolute Gasteiger partial charge is 0.351 e. The Kier molecular flexibility index (Phi) is 27.8. The third-order valence-electron chi connectivity index (χ3n) is 18.0. The van der Waals surface area contributed by atoms with Crippen molar-refractivity contribution in [2.24, 2.45) is 23.7 Å². The van der Waals surface area contributed by atoms with Gasteiger partial charge in [0.25, 0.3) is 0 Å². The number of hydrogen-bond donors (Lipinski definition) is 4. The molecule has 2 aliphatic heterocycles. The highest BCUT2D eigenvalue weighted by molar-refractivity contribution is 6.31. The first-order valence-electron chi connectivity index (χ1n) is 31.4. The van der Waals surface area contributed by atoms with Gasteiger partial charge in [-0.2, -0.15) is 13.2 Å². The molecule has 0 unspecified atom stereocenters. The summed E-state index contributed by atoms with van der Waals surface area (Å²) in [4.78, 5) is 167. The standard InChI is InChI=1S/C63H99ClF3N11O11/c1-16-39(7)53-60(88)74(12)35-51(81)72(10)36-52(82)76(14)48(33-41-22-19-18-20-23-41)59(87)73(11)34-49(79)69-45(28-26-42-25-27-43(44(64)32-42)63(65,66)67)58(86)78-29-21-24-46(78)56(84)71-62(9,17-2)61(89)77(15)54(38(5)6)57(85)68-40(8)31-50(80)75(13)47(30-37(3)4)55(83)70-53/h25,27,32,37-41,45-48,53-54H,16-24,26,28-31,33-36H2,1-15H3,(H,68,85)(H,69,79)(H,70,83)(H,71,84)/t39-,40+,45-,46-,47-,48-,53-,54-,62-/m0/s1. The average molecular weight is 1280 g/mol. The van der Waals surface area contributed by atoms with Crippen molar-refractivity contribution in [3.8, 4) is 0 Å². The Morgan fingerprint density at radius 2 is 1.28 bits per heavy atom. The van der Waals surface area contributed by atoms with Gasteiger partial charge in [0, 0.05) is 61.3 Å². The fourth-order valence-corrected chi connectivity index (χ4v) is 12.4. The Morgan fingerprint density at radius 3 is 1.85 bits per heavy atom. The second-order valence-corrected chi connectivity index (χ2v) is 26.4. The van der Waals surface area contributed by atoms with Gasteiger partial charge < -0.3 is 55.6 Å². The van der Waals surface area contributed by atoms with Crippen molar-refractivity contribution in [2.75, 3.05) is 68.5 Å². The quantitative estimate of drug-likeness (QED) is 0.229. The van der Waals surface area contributed by atoms with E-state index in [0.29, 0.717) is 18.4 Å². The Morgan fingerprint density at radius 1 is 0.674 bits per heavy atom. The zero-order valence-electron chi connectivity index (χ0n) is 54.9. The molecule has 3 aliphatic rings. The minimum atomic E-state index is -4.75. The predicted octanol–water partition coefficient (Wildman–Crippen LogP) is 5.02. The van der Waals surface area contributed by atoms with Gasteiger partial charge in [0.1, 0.15) is 41.8 Å². The van der Waals surface area contributed by atoms with Gasteiger partial charge in [-0.15, -0.1) is 0 Å². The summed E-state index contributed by atoms with van der Waals surface area (Å²) in [5, 5.41) is 10.7. The lowest BCUT2D eigenvalue weighted by atomic mass is 9.84. The molecule has 2 heterocycles. The number of carbonyl (C=O) groups excluding carboxylic acids is 11. The third-order valence-corrected chi connectivity index (χ3v) is 18.3. The summed E-state index contributed by atoms with van der Waals surface area (Å²) < 4.78 is 41.2. The molecule has 4 N–H and O–H groups in total. The fraction of sp³-hybridized carbons (Fsp3) is 0.730. The van der Waals surface area contributed by atoms with E-state index in [0.717, 1.165) is 58.9 Å². The highest BCUT2D eigenvalue weighted by Gasteiger charge is 2.46. The van der Waals surface area contributed by atoms with Crippen molar-refractivity contribution in [2.45, 2.75) is 206 Å². The van der Waals surface area contributed by atoms with Gasteiger partial charge in [-0.05, 0) is 100 Å². The molecule has 1 aliphatic carbocycles. The number of amides is 11. The third kappa shape index (κ3) is 20.2. The molecule has 9 atom stereocenters. The molecule has 3 fully saturated rings. The molecule has 2 saturated heterocycles. The van der Waals surface area contributed by atoms with Crippen molar-refractivity contribution < 1.29 is 65.9 Å². The van der Waals surface area contributed by atoms with E-state index in [4.69, 9.17) is 11.6 Å². The monoisotopic (exact) mass is 1280 g/mol. The van der Waals surface area contributed by atoms with Crippen LogP contribution in [0.4, 0.5) is 13.2 Å². The zero-order valence-corrected chi connectivity index (χ0v) is 55.7. The highest BCUT2D eigenvalue weighted by atomic mass is 35.5. The lowest BCUT2D eigenvalue weighted by Crippen LogP contribution is -2.64. The van der Waals surface area contributed by atoms with Crippen LogP contribution in [-0.4, -0.2) is 216 Å². The predicted molar refractivity (Wildman–Crippen MR) is 330 cm³/mol. The first-order valence-corrected chi connectivity index (χ1v) is 31.8. The minimum absolute atomic E-state index is 0.0307. The zero-order chi connectivity index (χ0) is 67.2. The lowest BCUT2D eigenvalue weighted by molar-refractivity contribution is -0.149. The first kappa shape index (κ1) is 74.9. The van der Waals surface area contributed by atoms with Crippen LogP contribution < -0.4 is 21.3 Å². The molecule has 11 amide bonds. The molecule has 89 heavy (non-hydrogen) atoms. The van der Waals surface area contributed by atoms with E-state index < -0.39 is 161 Å². The van der Waals surface area contributed by atoms with Crippen LogP contribution >= 0.6 is 11.6 Å². The van der Waals surface area contributed by atoms with Crippen molar-refractivity contribution in [3.05, 3.63) is 34.3 Å². The van der Waals surface area contributed by atoms with Crippen molar-refractivity contribution in [1.82, 2.24) is 55.6 Å². The van der Waals surface area contributed by atoms with E-state index in [2.05, 4.69) is 21.3 Å². The number of hydrogen-bond acceptors (Lipinski definition) is 11. The Bertz CT molecular complexity index is 2710. The summed E-state index contributed by atoms with van der Waals surface area (Å²) in [5.41, 5.74) is -2.42. The van der Waals surface area contributed by atoms with Gasteiger partial charge in [0.2, 0.25) is 65.0 Å². The summed E-state index contributed by atoms with van der Waals surface area (Å²) in [6, 6.07) is -4.71. The molecule has 1 saturated carbocycles. The number of nitrogens with zero attached hydrogens (tertiary/aromatic N) is 7. The number of benzene rings is 1. The van der Waals surface area contributed by atoms with E-state index in [1.807, 2.05) is 20.8 Å². The molecule has 0 bridgehead atoms. The molecule has 0 aromatic heterocycles. The number of alkyl halides is 3. The van der Waals surface area contributed by atoms with Crippen LogP contribution in [0.2, 0.25) is 5.02 Å². The number of halogens is 4. The van der Waals surface area contributed by atoms with E-state index in [-0.39, 0.29) is 63.3 Å². The maximum atomic E-state index is 14.9. The first-order chi connectivity index (χ1) is 41.5. The number of nitrogens with one attached hydrogen (secondary N) is 4. The van der Waals surface area contributed by atoms with E-state index in [9.17, 15) is 65.9 Å². The van der Waals surface area contributed by atoms with Gasteiger partial charge in [-0.1, -0.05) is 105 Å². The molecule has 1 aromatic rings. The molecule has 0 radical (unpaired) electrons. The second kappa shape index (κ2) is 33.0. The number of rotatable bonds is 11. The highest BCUT2D eigenvalue weighted by Crippen LogP contribution is 2.36. The fourth-order valence-electron chi connectivity index (χ4n) is 12.1. The maximum Gasteiger partial charge on any atom is 0.417 e. The Balaban J connectivity index is 1.80. The molecule has 22 nitrogen and oxygen atoms in total. The van der Waals surface area contributed by atoms with E-state index in [1.165, 1.54) is 74.9 Å². The molecule has 26 heteroatoms. The second-order valence-electron chi connectivity index (χ2n) is 26.0. The van der Waals surface area contributed by atoms with Gasteiger partial charge in [0.15, 0.2) is 0 Å². The molecule has 0 spiro atoms. The molecule has 4 rings (SSSR count). The summed E-state index contributed by atoms with van der Waals surface area (Å²) in [5.74, 6) is -8.09. The number of carbonyl (C=O) groups is 11. The van der Waals surface area contributed by atoms with Gasteiger partial charge >= 0.3 is 6.18 Å². The van der Waals surface area contributed by atoms with Gasteiger partial charge in [-0.3, -0.25) is 52.7 Å². The number of fused-ring (bicyclic) bond motifs is 1. The molecule has 1 aromatic carbocycles. The van der Waals surface area contributed by atoms with Crippen LogP contribution in [0.5, 0.6) is 0 Å². The molecular weight excluding hydrogens is 1180 g/mol. The maximum absolute atomic E-state index is 14.9. The van der Waals surface area contributed by atoms with Crippen LogP contribution in [0.15, 0.2) is 18.2 Å². The van der Waals surface area contributed by atoms with Crippen LogP contribution in [0, 0.1) is 23.7 Å². The van der Waals surface area contributed by atoms with Gasteiger partial charge in [0.05, 0.1) is 30.2 Å². The topological polar surface area (TPSA) is 259 Å². The lowest BCUT2D eigenvalue weighted by Gasteiger charge is -2.39. The molecule has 500 valence electrons. The van der Waals surface area contributed by atoms with Crippen molar-refractivity contribution in [1.29, 1.82) is 0 Å². The van der Waals surface area contributed by atoms with Crippen molar-refractivity contribution in [3.63, 3.8) is 0 Å². The Labute approximate surface area is 528 Å². The summed E-state index contributed by atoms with van der Waals surface area (Å²) >= 11 is 6.09. The number of aryl methyl sites for hydroxylation is 1. The summed E-state index contributed by atoms with van der Waals surface area (Å²) in [6.45, 7) is 14.0. The summed E-state index contributed by atoms with van der Waals surface area (Å²) in [6.07, 6.45) is 0.468.